The summed E-state index contributed by atoms with van der Waals surface area (Å²) in [6.07, 6.45) is -4.38. The van der Waals surface area contributed by atoms with Gasteiger partial charge in [-0.25, -0.2) is 13.2 Å². The van der Waals surface area contributed by atoms with Crippen molar-refractivity contribution in [3.05, 3.63) is 35.1 Å². The molecule has 1 aromatic rings. The summed E-state index contributed by atoms with van der Waals surface area (Å²) in [5, 5.41) is 2.32. The van der Waals surface area contributed by atoms with Crippen LogP contribution in [0.3, 0.4) is 0 Å². The minimum Gasteiger partial charge on any atom is -0.353 e. The first-order chi connectivity index (χ1) is 14.4. The Morgan fingerprint density at radius 3 is 2.42 bits per heavy atom. The highest BCUT2D eigenvalue weighted by atomic mass is 19.4. The van der Waals surface area contributed by atoms with Crippen molar-refractivity contribution in [2.75, 3.05) is 13.1 Å². The molecule has 3 rings (SSSR count). The zero-order chi connectivity index (χ0) is 23.0. The Kier molecular flexibility index (Phi) is 6.54. The van der Waals surface area contributed by atoms with E-state index in [1.54, 1.807) is 0 Å². The van der Waals surface area contributed by atoms with Gasteiger partial charge in [-0.05, 0) is 43.7 Å². The summed E-state index contributed by atoms with van der Waals surface area (Å²) >= 11 is 0. The number of nitrogens with one attached hydrogen (secondary N) is 1. The molecule has 0 aromatic heterocycles. The van der Waals surface area contributed by atoms with Crippen LogP contribution in [0, 0.1) is 22.9 Å². The lowest BCUT2D eigenvalue weighted by molar-refractivity contribution is -0.192. The van der Waals surface area contributed by atoms with Crippen molar-refractivity contribution in [3.8, 4) is 0 Å². The maximum Gasteiger partial charge on any atom is 0.403 e. The highest BCUT2D eigenvalue weighted by Crippen LogP contribution is 2.57. The molecule has 1 aromatic carbocycles. The molecule has 2 amide bonds. The molecule has 0 radical (unpaired) electrons. The number of nitrogens with two attached hydrogens (primary N) is 1. The second-order valence-corrected chi connectivity index (χ2v) is 8.20. The van der Waals surface area contributed by atoms with Crippen molar-refractivity contribution >= 4 is 11.8 Å². The summed E-state index contributed by atoms with van der Waals surface area (Å²) in [5.41, 5.74) is 3.40. The molecule has 1 unspecified atom stereocenters. The highest BCUT2D eigenvalue weighted by Gasteiger charge is 2.68. The fourth-order valence-corrected chi connectivity index (χ4v) is 3.94. The second kappa shape index (κ2) is 8.68. The molecule has 31 heavy (non-hydrogen) atoms. The zero-order valence-corrected chi connectivity index (χ0v) is 16.6. The van der Waals surface area contributed by atoms with Gasteiger partial charge in [0.25, 0.3) is 0 Å². The molecule has 2 atom stereocenters. The van der Waals surface area contributed by atoms with Gasteiger partial charge in [0.15, 0.2) is 11.6 Å². The van der Waals surface area contributed by atoms with Gasteiger partial charge in [0, 0.05) is 37.7 Å². The lowest BCUT2D eigenvalue weighted by Gasteiger charge is -2.27. The quantitative estimate of drug-likeness (QED) is 0.495. The average molecular weight is 451 g/mol. The van der Waals surface area contributed by atoms with Gasteiger partial charge in [-0.15, -0.1) is 0 Å². The van der Waals surface area contributed by atoms with Crippen molar-refractivity contribution in [1.82, 2.24) is 10.2 Å². The molecule has 1 heterocycles. The topological polar surface area (TPSA) is 75.4 Å². The Morgan fingerprint density at radius 2 is 1.81 bits per heavy atom. The van der Waals surface area contributed by atoms with Crippen molar-refractivity contribution in [2.45, 2.75) is 56.8 Å². The molecule has 3 N–H and O–H groups in total. The third-order valence-corrected chi connectivity index (χ3v) is 5.93. The Bertz CT molecular complexity index is 856. The van der Waals surface area contributed by atoms with Gasteiger partial charge in [-0.2, -0.15) is 13.2 Å². The maximum absolute atomic E-state index is 13.8. The van der Waals surface area contributed by atoms with Crippen LogP contribution in [0.5, 0.6) is 0 Å². The number of halogens is 6. The predicted octanol–water partition coefficient (Wildman–Crippen LogP) is 2.81. The van der Waals surface area contributed by atoms with Crippen LogP contribution in [0.2, 0.25) is 0 Å². The van der Waals surface area contributed by atoms with Crippen LogP contribution in [-0.2, 0) is 16.0 Å². The van der Waals surface area contributed by atoms with E-state index in [4.69, 9.17) is 5.73 Å². The minimum atomic E-state index is -4.61. The van der Waals surface area contributed by atoms with Crippen molar-refractivity contribution in [1.29, 1.82) is 0 Å². The Balaban J connectivity index is 1.54. The monoisotopic (exact) mass is 451 g/mol. The van der Waals surface area contributed by atoms with Crippen LogP contribution in [0.1, 0.15) is 37.7 Å². The smallest absolute Gasteiger partial charge is 0.353 e. The van der Waals surface area contributed by atoms with E-state index in [0.717, 1.165) is 0 Å². The van der Waals surface area contributed by atoms with Crippen LogP contribution >= 0.6 is 0 Å². The first-order valence-corrected chi connectivity index (χ1v) is 9.98. The molecule has 2 fully saturated rings. The molecule has 1 saturated carbocycles. The van der Waals surface area contributed by atoms with E-state index < -0.39 is 52.9 Å². The number of likely N-dealkylation sites (tertiary alicyclic amines) is 1. The van der Waals surface area contributed by atoms with Gasteiger partial charge in [-0.3, -0.25) is 9.59 Å². The van der Waals surface area contributed by atoms with Gasteiger partial charge < -0.3 is 16.0 Å². The largest absolute Gasteiger partial charge is 0.403 e. The van der Waals surface area contributed by atoms with Gasteiger partial charge in [0.05, 0.1) is 0 Å². The van der Waals surface area contributed by atoms with E-state index >= 15 is 0 Å². The number of nitrogens with zero attached hydrogens (tertiary/aromatic N) is 1. The van der Waals surface area contributed by atoms with E-state index in [1.165, 1.54) is 4.90 Å². The van der Waals surface area contributed by atoms with Crippen LogP contribution in [0.25, 0.3) is 0 Å². The van der Waals surface area contributed by atoms with Gasteiger partial charge in [0.1, 0.15) is 11.2 Å². The summed E-state index contributed by atoms with van der Waals surface area (Å²) < 4.78 is 79.2. The number of hydrogen-bond donors (Lipinski definition) is 2. The SMILES string of the molecule is NC(CC(=O)N1CCC[C@H]1CNC(=O)C1(C(F)(F)F)CC1)Cc1cc(F)c(F)cc1F. The van der Waals surface area contributed by atoms with E-state index in [0.29, 0.717) is 31.5 Å². The van der Waals surface area contributed by atoms with Crippen LogP contribution in [0.4, 0.5) is 26.3 Å². The molecule has 5 nitrogen and oxygen atoms in total. The minimum absolute atomic E-state index is 0.102. The number of amides is 2. The van der Waals surface area contributed by atoms with Crippen molar-refractivity contribution in [2.24, 2.45) is 11.1 Å². The fraction of sp³-hybridized carbons (Fsp3) is 0.600. The van der Waals surface area contributed by atoms with Crippen molar-refractivity contribution < 1.29 is 35.9 Å². The fourth-order valence-electron chi connectivity index (χ4n) is 3.94. The third kappa shape index (κ3) is 4.97. The maximum atomic E-state index is 13.8. The molecule has 172 valence electrons. The molecule has 1 aliphatic carbocycles. The lowest BCUT2D eigenvalue weighted by atomic mass is 10.0. The second-order valence-electron chi connectivity index (χ2n) is 8.20. The summed E-state index contributed by atoms with van der Waals surface area (Å²) in [4.78, 5) is 26.1. The number of benzene rings is 1. The molecule has 2 aliphatic rings. The lowest BCUT2D eigenvalue weighted by Crippen LogP contribution is -2.48. The standard InChI is InChI=1S/C20H23F6N3O2/c21-14-9-16(23)15(22)7-11(14)6-12(27)8-17(30)29-5-1-2-13(29)10-28-18(31)19(3-4-19)20(24,25)26/h7,9,12-13H,1-6,8,10,27H2,(H,28,31)/t12?,13-/m0/s1. The van der Waals surface area contributed by atoms with E-state index in [1.807, 2.05) is 0 Å². The third-order valence-electron chi connectivity index (χ3n) is 5.93. The molecule has 1 saturated heterocycles. The molecule has 1 aliphatic heterocycles. The zero-order valence-electron chi connectivity index (χ0n) is 16.6. The Hall–Kier alpha value is -2.30. The van der Waals surface area contributed by atoms with Crippen LogP contribution in [0.15, 0.2) is 12.1 Å². The first kappa shape index (κ1) is 23.4. The normalized spacial score (nSPS) is 21.1. The molecular weight excluding hydrogens is 428 g/mol. The molecule has 0 spiro atoms. The summed E-state index contributed by atoms with van der Waals surface area (Å²) in [5.74, 6) is -5.00. The van der Waals surface area contributed by atoms with Crippen LogP contribution < -0.4 is 11.1 Å². The predicted molar refractivity (Wildman–Crippen MR) is 98.1 cm³/mol. The van der Waals surface area contributed by atoms with Crippen molar-refractivity contribution in [3.63, 3.8) is 0 Å². The highest BCUT2D eigenvalue weighted by molar-refractivity contribution is 5.86. The van der Waals surface area contributed by atoms with E-state index in [9.17, 15) is 35.9 Å². The van der Waals surface area contributed by atoms with Gasteiger partial charge in [-0.1, -0.05) is 0 Å². The number of rotatable bonds is 7. The van der Waals surface area contributed by atoms with Crippen LogP contribution in [-0.4, -0.2) is 48.1 Å². The summed E-state index contributed by atoms with van der Waals surface area (Å²) in [7, 11) is 0. The Morgan fingerprint density at radius 1 is 1.16 bits per heavy atom. The molecule has 0 bridgehead atoms. The number of alkyl halides is 3. The summed E-state index contributed by atoms with van der Waals surface area (Å²) in [6, 6.07) is -0.237. The van der Waals surface area contributed by atoms with E-state index in [2.05, 4.69) is 5.32 Å². The number of carbonyl (C=O) groups excluding carboxylic acids is 2. The van der Waals surface area contributed by atoms with E-state index in [-0.39, 0.29) is 37.8 Å². The number of carbonyl (C=O) groups is 2. The average Bonchev–Trinajstić information content (AvgIpc) is 3.37. The Labute approximate surface area is 174 Å². The van der Waals surface area contributed by atoms with Gasteiger partial charge in [0.2, 0.25) is 11.8 Å². The number of hydrogen-bond acceptors (Lipinski definition) is 3. The summed E-state index contributed by atoms with van der Waals surface area (Å²) in [6.45, 7) is 0.255. The molecule has 11 heteroatoms. The first-order valence-electron chi connectivity index (χ1n) is 9.98. The molecular formula is C20H23F6N3O2. The van der Waals surface area contributed by atoms with Gasteiger partial charge >= 0.3 is 6.18 Å².